The predicted octanol–water partition coefficient (Wildman–Crippen LogP) is 8.45. The molecular weight excluding hydrogens is 434 g/mol. The topological polar surface area (TPSA) is 75.7 Å². The second-order valence-electron chi connectivity index (χ2n) is 10.5. The summed E-state index contributed by atoms with van der Waals surface area (Å²) in [5.41, 5.74) is 6.13. The molecule has 0 fully saturated rings. The normalized spacial score (nSPS) is 18.4. The van der Waals surface area contributed by atoms with Gasteiger partial charge in [0.1, 0.15) is 12.4 Å². The summed E-state index contributed by atoms with van der Waals surface area (Å²) in [6, 6.07) is 0. The largest absolute Gasteiger partial charge is 0.477 e. The zero-order valence-corrected chi connectivity index (χ0v) is 23.1. The van der Waals surface area contributed by atoms with E-state index in [9.17, 15) is 9.90 Å². The smallest absolute Gasteiger partial charge is 0.360 e. The molecule has 0 saturated carbocycles. The molecule has 0 bridgehead atoms. The summed E-state index contributed by atoms with van der Waals surface area (Å²) in [7, 11) is 0. The Morgan fingerprint density at radius 2 is 1.31 bits per heavy atom. The van der Waals surface area contributed by atoms with Crippen LogP contribution in [0, 0.1) is 0 Å². The van der Waals surface area contributed by atoms with Gasteiger partial charge in [-0.3, -0.25) is 5.73 Å². The van der Waals surface area contributed by atoms with Crippen molar-refractivity contribution in [3.63, 3.8) is 0 Å². The highest BCUT2D eigenvalue weighted by Crippen LogP contribution is 2.23. The molecule has 2 atom stereocenters. The van der Waals surface area contributed by atoms with Crippen molar-refractivity contribution in [3.8, 4) is 0 Å². The molecule has 1 heterocycles. The van der Waals surface area contributed by atoms with Gasteiger partial charge in [0.15, 0.2) is 6.54 Å². The van der Waals surface area contributed by atoms with Gasteiger partial charge in [-0.2, -0.15) is 0 Å². The van der Waals surface area contributed by atoms with Crippen LogP contribution in [0.2, 0.25) is 0 Å². The minimum Gasteiger partial charge on any atom is -0.477 e. The lowest BCUT2D eigenvalue weighted by molar-refractivity contribution is -0.805. The molecule has 0 radical (unpaired) electrons. The van der Waals surface area contributed by atoms with E-state index in [0.717, 1.165) is 18.7 Å². The first-order valence-electron chi connectivity index (χ1n) is 14.8. The average molecular weight is 491 g/mol. The average Bonchev–Trinajstić information content (AvgIpc) is 3.23. The maximum atomic E-state index is 11.3. The number of rotatable bonds is 24. The maximum absolute atomic E-state index is 11.3. The fourth-order valence-electron chi connectivity index (χ4n) is 5.00. The van der Waals surface area contributed by atoms with Gasteiger partial charge in [0.2, 0.25) is 5.84 Å². The molecule has 2 unspecified atom stereocenters. The van der Waals surface area contributed by atoms with Crippen LogP contribution in [0.1, 0.15) is 142 Å². The summed E-state index contributed by atoms with van der Waals surface area (Å²) in [6.07, 6.45) is 34.1. The molecule has 0 amide bonds. The lowest BCUT2D eigenvalue weighted by atomic mass is 10.0. The molecule has 202 valence electrons. The monoisotopic (exact) mass is 490 g/mol. The van der Waals surface area contributed by atoms with E-state index in [1.54, 1.807) is 6.20 Å². The Labute approximate surface area is 216 Å². The molecule has 3 N–H and O–H groups in total. The van der Waals surface area contributed by atoms with Crippen molar-refractivity contribution in [2.75, 3.05) is 6.54 Å². The molecule has 5 nitrogen and oxygen atoms in total. The van der Waals surface area contributed by atoms with E-state index in [2.05, 4.69) is 24.1 Å². The third-order valence-corrected chi connectivity index (χ3v) is 7.32. The number of hydrogen-bond acceptors (Lipinski definition) is 3. The van der Waals surface area contributed by atoms with Crippen molar-refractivity contribution in [2.24, 2.45) is 10.7 Å². The Balaban J connectivity index is 1.89. The van der Waals surface area contributed by atoms with E-state index in [1.807, 2.05) is 13.1 Å². The van der Waals surface area contributed by atoms with Crippen molar-refractivity contribution in [2.45, 2.75) is 148 Å². The number of hydrogen-bond donors (Lipinski definition) is 2. The highest BCUT2D eigenvalue weighted by atomic mass is 16.4. The standard InChI is InChI=1S/C30H55N3O2/c1-3-4-5-6-7-8-9-10-11-12-13-14-15-16-17-18-19-20-21-22-23-24-29-32-25-26-33(29,28(2)31)27-30(34)35/h9-10,25-26,28H,3-8,11-24,27,31H2,1-2H3/p+1/b10-9+. The van der Waals surface area contributed by atoms with Gasteiger partial charge in [0.05, 0.1) is 6.20 Å². The van der Waals surface area contributed by atoms with E-state index in [-0.39, 0.29) is 17.2 Å². The Hall–Kier alpha value is -1.46. The van der Waals surface area contributed by atoms with Crippen molar-refractivity contribution in [3.05, 3.63) is 24.6 Å². The number of carboxylic acids is 1. The number of carbonyl (C=O) groups is 1. The van der Waals surface area contributed by atoms with E-state index in [0.29, 0.717) is 0 Å². The lowest BCUT2D eigenvalue weighted by Gasteiger charge is -2.34. The number of amidine groups is 1. The number of carboxylic acid groups (broad SMARTS) is 1. The van der Waals surface area contributed by atoms with Gasteiger partial charge in [-0.1, -0.05) is 109 Å². The van der Waals surface area contributed by atoms with Crippen LogP contribution in [-0.2, 0) is 4.79 Å². The zero-order valence-electron chi connectivity index (χ0n) is 23.1. The molecule has 0 aromatic rings. The van der Waals surface area contributed by atoms with Gasteiger partial charge in [0.25, 0.3) is 0 Å². The minimum atomic E-state index is -0.836. The molecule has 5 heteroatoms. The summed E-state index contributed by atoms with van der Waals surface area (Å²) in [4.78, 5) is 15.8. The second kappa shape index (κ2) is 20.7. The number of nitrogens with two attached hydrogens (primary N) is 1. The first kappa shape index (κ1) is 31.6. The van der Waals surface area contributed by atoms with Gasteiger partial charge in [-0.05, 0) is 32.1 Å². The van der Waals surface area contributed by atoms with E-state index in [1.165, 1.54) is 116 Å². The van der Waals surface area contributed by atoms with Crippen molar-refractivity contribution in [1.29, 1.82) is 0 Å². The number of unbranched alkanes of at least 4 members (excludes halogenated alkanes) is 17. The number of aliphatic carboxylic acids is 1. The summed E-state index contributed by atoms with van der Waals surface area (Å²) < 4.78 is 0.172. The van der Waals surface area contributed by atoms with Crippen LogP contribution < -0.4 is 5.73 Å². The van der Waals surface area contributed by atoms with Gasteiger partial charge in [-0.15, -0.1) is 0 Å². The molecule has 0 aliphatic carbocycles. The van der Waals surface area contributed by atoms with Crippen LogP contribution in [-0.4, -0.2) is 34.1 Å². The van der Waals surface area contributed by atoms with E-state index in [4.69, 9.17) is 5.73 Å². The number of allylic oxidation sites excluding steroid dienone is 2. The molecule has 0 aromatic carbocycles. The summed E-state index contributed by atoms with van der Waals surface area (Å²) in [5.74, 6) is 0.0636. The minimum absolute atomic E-state index is 0.0245. The molecule has 1 aliphatic rings. The third kappa shape index (κ3) is 14.6. The van der Waals surface area contributed by atoms with Crippen molar-refractivity contribution in [1.82, 2.24) is 0 Å². The van der Waals surface area contributed by atoms with Crippen LogP contribution in [0.4, 0.5) is 0 Å². The van der Waals surface area contributed by atoms with Crippen molar-refractivity contribution >= 4 is 11.8 Å². The lowest BCUT2D eigenvalue weighted by Crippen LogP contribution is -2.59. The zero-order chi connectivity index (χ0) is 25.6. The van der Waals surface area contributed by atoms with Gasteiger partial charge < -0.3 is 5.11 Å². The number of nitrogens with zero attached hydrogens (tertiary/aromatic N) is 2. The molecular formula is C30H56N3O2+. The maximum Gasteiger partial charge on any atom is 0.360 e. The van der Waals surface area contributed by atoms with E-state index >= 15 is 0 Å². The first-order valence-corrected chi connectivity index (χ1v) is 14.8. The fraction of sp³-hybridized carbons (Fsp3) is 0.800. The summed E-state index contributed by atoms with van der Waals surface area (Å²) in [6.45, 7) is 4.12. The Kier molecular flexibility index (Phi) is 18.7. The van der Waals surface area contributed by atoms with Gasteiger partial charge >= 0.3 is 5.97 Å². The number of quaternary nitrogens is 1. The molecule has 0 aromatic heterocycles. The summed E-state index contributed by atoms with van der Waals surface area (Å²) in [5, 5.41) is 9.29. The predicted molar refractivity (Wildman–Crippen MR) is 150 cm³/mol. The first-order chi connectivity index (χ1) is 17.0. The van der Waals surface area contributed by atoms with Crippen LogP contribution in [0.15, 0.2) is 29.5 Å². The molecule has 1 rings (SSSR count). The van der Waals surface area contributed by atoms with Gasteiger partial charge in [-0.25, -0.2) is 14.3 Å². The van der Waals surface area contributed by atoms with Gasteiger partial charge in [0, 0.05) is 13.3 Å². The SMILES string of the molecule is CCCCCCC/C=C/CCCCCCCCCCCCCCC1=NC=C[N+]1(CC(=O)O)C(C)N. The molecule has 0 spiro atoms. The Morgan fingerprint density at radius 3 is 1.77 bits per heavy atom. The number of aliphatic imine (C=N–C) groups is 1. The van der Waals surface area contributed by atoms with E-state index < -0.39 is 5.97 Å². The van der Waals surface area contributed by atoms with Crippen LogP contribution in [0.3, 0.4) is 0 Å². The third-order valence-electron chi connectivity index (χ3n) is 7.32. The highest BCUT2D eigenvalue weighted by Gasteiger charge is 2.40. The van der Waals surface area contributed by atoms with Crippen molar-refractivity contribution < 1.29 is 14.4 Å². The Bertz CT molecular complexity index is 627. The second-order valence-corrected chi connectivity index (χ2v) is 10.5. The molecule has 1 aliphatic heterocycles. The summed E-state index contributed by atoms with van der Waals surface area (Å²) >= 11 is 0. The van der Waals surface area contributed by atoms with Crippen LogP contribution in [0.25, 0.3) is 0 Å². The quantitative estimate of drug-likeness (QED) is 0.0809. The Morgan fingerprint density at radius 1 is 0.857 bits per heavy atom. The fourth-order valence-corrected chi connectivity index (χ4v) is 5.00. The van der Waals surface area contributed by atoms with Crippen LogP contribution >= 0.6 is 0 Å². The highest BCUT2D eigenvalue weighted by molar-refractivity contribution is 5.81. The molecule has 0 saturated heterocycles. The van der Waals surface area contributed by atoms with Crippen LogP contribution in [0.5, 0.6) is 0 Å². The molecule has 35 heavy (non-hydrogen) atoms.